The predicted molar refractivity (Wildman–Crippen MR) is 103 cm³/mol. The van der Waals surface area contributed by atoms with Crippen LogP contribution in [0.1, 0.15) is 52.0 Å². The molecule has 5 heteroatoms. The van der Waals surface area contributed by atoms with Crippen molar-refractivity contribution in [2.45, 2.75) is 32.1 Å². The highest BCUT2D eigenvalue weighted by Gasteiger charge is 2.17. The molecule has 0 atom stereocenters. The Morgan fingerprint density at radius 3 is 2.19 bits per heavy atom. The first-order chi connectivity index (χ1) is 13.1. The minimum absolute atomic E-state index is 0.0309. The Labute approximate surface area is 159 Å². The van der Waals surface area contributed by atoms with Crippen molar-refractivity contribution in [1.82, 2.24) is 10.2 Å². The number of benzene rings is 2. The van der Waals surface area contributed by atoms with Crippen molar-refractivity contribution in [2.75, 3.05) is 19.6 Å². The molecule has 0 unspecified atom stereocenters. The summed E-state index contributed by atoms with van der Waals surface area (Å²) in [5.41, 5.74) is 1.69. The average molecular weight is 368 g/mol. The van der Waals surface area contributed by atoms with Crippen LogP contribution in [0.3, 0.4) is 0 Å². The summed E-state index contributed by atoms with van der Waals surface area (Å²) < 4.78 is 13.6. The van der Waals surface area contributed by atoms with Crippen molar-refractivity contribution < 1.29 is 14.0 Å². The first-order valence-electron chi connectivity index (χ1n) is 9.56. The summed E-state index contributed by atoms with van der Waals surface area (Å²) in [5.74, 6) is -0.452. The fourth-order valence-corrected chi connectivity index (χ4v) is 3.33. The van der Waals surface area contributed by atoms with Crippen LogP contribution in [0, 0.1) is 5.82 Å². The van der Waals surface area contributed by atoms with E-state index in [-0.39, 0.29) is 17.6 Å². The highest BCUT2D eigenvalue weighted by molar-refractivity contribution is 5.97. The van der Waals surface area contributed by atoms with Crippen molar-refractivity contribution in [1.29, 1.82) is 0 Å². The standard InChI is InChI=1S/C22H25FN2O2/c23-20-8-4-3-7-17(20)13-14-24-21(26)18-9-11-19(12-10-18)22(27)25-15-5-1-2-6-16-25/h3-4,7-12H,1-2,5-6,13-16H2,(H,24,26). The molecule has 0 aromatic heterocycles. The minimum Gasteiger partial charge on any atom is -0.352 e. The molecule has 1 aliphatic heterocycles. The Morgan fingerprint density at radius 1 is 0.889 bits per heavy atom. The zero-order chi connectivity index (χ0) is 19.1. The Kier molecular flexibility index (Phi) is 6.58. The van der Waals surface area contributed by atoms with E-state index in [9.17, 15) is 14.0 Å². The van der Waals surface area contributed by atoms with E-state index < -0.39 is 0 Å². The van der Waals surface area contributed by atoms with Crippen molar-refractivity contribution in [3.63, 3.8) is 0 Å². The van der Waals surface area contributed by atoms with Gasteiger partial charge in [0.1, 0.15) is 5.82 Å². The van der Waals surface area contributed by atoms with Crippen LogP contribution in [-0.4, -0.2) is 36.3 Å². The van der Waals surface area contributed by atoms with Gasteiger partial charge in [0, 0.05) is 30.8 Å². The summed E-state index contributed by atoms with van der Waals surface area (Å²) in [4.78, 5) is 26.7. The molecule has 1 aliphatic rings. The molecule has 2 aromatic carbocycles. The van der Waals surface area contributed by atoms with Crippen LogP contribution in [0.25, 0.3) is 0 Å². The van der Waals surface area contributed by atoms with Crippen LogP contribution in [-0.2, 0) is 6.42 Å². The Morgan fingerprint density at radius 2 is 1.52 bits per heavy atom. The molecule has 2 aromatic rings. The van der Waals surface area contributed by atoms with Gasteiger partial charge in [0.15, 0.2) is 0 Å². The lowest BCUT2D eigenvalue weighted by Gasteiger charge is -2.20. The molecule has 0 bridgehead atoms. The highest BCUT2D eigenvalue weighted by atomic mass is 19.1. The second kappa shape index (κ2) is 9.31. The average Bonchev–Trinajstić information content (AvgIpc) is 2.98. The number of carbonyl (C=O) groups is 2. The van der Waals surface area contributed by atoms with Gasteiger partial charge in [-0.3, -0.25) is 9.59 Å². The normalized spacial score (nSPS) is 14.5. The number of nitrogens with zero attached hydrogens (tertiary/aromatic N) is 1. The lowest BCUT2D eigenvalue weighted by molar-refractivity contribution is 0.0761. The first-order valence-corrected chi connectivity index (χ1v) is 9.56. The van der Waals surface area contributed by atoms with Gasteiger partial charge in [0.2, 0.25) is 0 Å². The lowest BCUT2D eigenvalue weighted by Crippen LogP contribution is -2.32. The SMILES string of the molecule is O=C(NCCc1ccccc1F)c1ccc(C(=O)N2CCCCCC2)cc1. The van der Waals surface area contributed by atoms with Crippen LogP contribution >= 0.6 is 0 Å². The van der Waals surface area contributed by atoms with E-state index in [4.69, 9.17) is 0 Å². The predicted octanol–water partition coefficient (Wildman–Crippen LogP) is 3.81. The molecule has 1 saturated heterocycles. The number of amides is 2. The lowest BCUT2D eigenvalue weighted by atomic mass is 10.1. The van der Waals surface area contributed by atoms with Crippen LogP contribution in [0.15, 0.2) is 48.5 Å². The van der Waals surface area contributed by atoms with Gasteiger partial charge >= 0.3 is 0 Å². The second-order valence-electron chi connectivity index (χ2n) is 6.88. The van der Waals surface area contributed by atoms with Gasteiger partial charge in [-0.1, -0.05) is 31.0 Å². The van der Waals surface area contributed by atoms with Gasteiger partial charge < -0.3 is 10.2 Å². The van der Waals surface area contributed by atoms with E-state index >= 15 is 0 Å². The summed E-state index contributed by atoms with van der Waals surface area (Å²) >= 11 is 0. The molecule has 2 amide bonds. The number of hydrogen-bond acceptors (Lipinski definition) is 2. The van der Waals surface area contributed by atoms with Gasteiger partial charge in [0.25, 0.3) is 11.8 Å². The molecular formula is C22H25FN2O2. The van der Waals surface area contributed by atoms with Gasteiger partial charge in [-0.15, -0.1) is 0 Å². The Balaban J connectivity index is 1.54. The van der Waals surface area contributed by atoms with Gasteiger partial charge in [-0.2, -0.15) is 0 Å². The van der Waals surface area contributed by atoms with Gasteiger partial charge in [-0.25, -0.2) is 4.39 Å². The molecule has 0 aliphatic carbocycles. The molecular weight excluding hydrogens is 343 g/mol. The van der Waals surface area contributed by atoms with Crippen molar-refractivity contribution in [3.05, 3.63) is 71.0 Å². The summed E-state index contributed by atoms with van der Waals surface area (Å²) in [5, 5.41) is 2.79. The molecule has 1 fully saturated rings. The summed E-state index contributed by atoms with van der Waals surface area (Å²) in [6, 6.07) is 13.3. The fourth-order valence-electron chi connectivity index (χ4n) is 3.33. The molecule has 1 heterocycles. The number of hydrogen-bond donors (Lipinski definition) is 1. The topological polar surface area (TPSA) is 49.4 Å². The molecule has 142 valence electrons. The molecule has 0 saturated carbocycles. The van der Waals surface area contributed by atoms with Gasteiger partial charge in [0.05, 0.1) is 0 Å². The van der Waals surface area contributed by atoms with Crippen LogP contribution in [0.4, 0.5) is 4.39 Å². The number of halogens is 1. The van der Waals surface area contributed by atoms with E-state index in [1.54, 1.807) is 42.5 Å². The number of carbonyl (C=O) groups excluding carboxylic acids is 2. The highest BCUT2D eigenvalue weighted by Crippen LogP contribution is 2.14. The molecule has 27 heavy (non-hydrogen) atoms. The van der Waals surface area contributed by atoms with E-state index in [2.05, 4.69) is 5.32 Å². The van der Waals surface area contributed by atoms with Crippen molar-refractivity contribution in [2.24, 2.45) is 0 Å². The number of nitrogens with one attached hydrogen (secondary N) is 1. The maximum Gasteiger partial charge on any atom is 0.253 e. The molecule has 1 N–H and O–H groups in total. The smallest absolute Gasteiger partial charge is 0.253 e. The van der Waals surface area contributed by atoms with Gasteiger partial charge in [-0.05, 0) is 55.2 Å². The van der Waals surface area contributed by atoms with Crippen LogP contribution < -0.4 is 5.32 Å². The maximum atomic E-state index is 13.6. The summed E-state index contributed by atoms with van der Waals surface area (Å²) in [6.07, 6.45) is 4.89. The van der Waals surface area contributed by atoms with Crippen molar-refractivity contribution in [3.8, 4) is 0 Å². The zero-order valence-corrected chi connectivity index (χ0v) is 15.4. The zero-order valence-electron chi connectivity index (χ0n) is 15.4. The minimum atomic E-state index is -0.261. The first kappa shape index (κ1) is 19.1. The monoisotopic (exact) mass is 368 g/mol. The summed E-state index contributed by atoms with van der Waals surface area (Å²) in [7, 11) is 0. The molecule has 0 spiro atoms. The molecule has 4 nitrogen and oxygen atoms in total. The second-order valence-corrected chi connectivity index (χ2v) is 6.88. The largest absolute Gasteiger partial charge is 0.352 e. The van der Waals surface area contributed by atoms with Crippen LogP contribution in [0.5, 0.6) is 0 Å². The van der Waals surface area contributed by atoms with E-state index in [1.165, 1.54) is 18.9 Å². The van der Waals surface area contributed by atoms with Crippen LogP contribution in [0.2, 0.25) is 0 Å². The molecule has 0 radical (unpaired) electrons. The number of likely N-dealkylation sites (tertiary alicyclic amines) is 1. The number of rotatable bonds is 5. The Hall–Kier alpha value is -2.69. The third kappa shape index (κ3) is 5.16. The third-order valence-electron chi connectivity index (χ3n) is 4.93. The van der Waals surface area contributed by atoms with E-state index in [0.29, 0.717) is 29.7 Å². The van der Waals surface area contributed by atoms with E-state index in [1.807, 2.05) is 4.90 Å². The maximum absolute atomic E-state index is 13.6. The molecule has 3 rings (SSSR count). The Bertz CT molecular complexity index is 781. The van der Waals surface area contributed by atoms with E-state index in [0.717, 1.165) is 25.9 Å². The quantitative estimate of drug-likeness (QED) is 0.872. The fraction of sp³-hybridized carbons (Fsp3) is 0.364. The van der Waals surface area contributed by atoms with Crippen molar-refractivity contribution >= 4 is 11.8 Å². The third-order valence-corrected chi connectivity index (χ3v) is 4.93. The summed E-state index contributed by atoms with van der Waals surface area (Å²) in [6.45, 7) is 1.96.